The van der Waals surface area contributed by atoms with Crippen molar-refractivity contribution in [2.45, 2.75) is 25.1 Å². The summed E-state index contributed by atoms with van der Waals surface area (Å²) in [5, 5.41) is 9.48. The van der Waals surface area contributed by atoms with Gasteiger partial charge in [-0.05, 0) is 29.7 Å². The Hall–Kier alpha value is -3.56. The van der Waals surface area contributed by atoms with Crippen LogP contribution < -0.4 is 11.5 Å². The van der Waals surface area contributed by atoms with Crippen molar-refractivity contribution in [3.63, 3.8) is 0 Å². The highest BCUT2D eigenvalue weighted by Gasteiger charge is 2.51. The lowest BCUT2D eigenvalue weighted by Crippen LogP contribution is -2.65. The van der Waals surface area contributed by atoms with Crippen LogP contribution in [0.25, 0.3) is 0 Å². The maximum atomic E-state index is 11.8. The van der Waals surface area contributed by atoms with Gasteiger partial charge in [0.05, 0.1) is 12.3 Å². The van der Waals surface area contributed by atoms with Gasteiger partial charge in [-0.25, -0.2) is 9.78 Å². The van der Waals surface area contributed by atoms with Crippen molar-refractivity contribution < 1.29 is 27.9 Å². The largest absolute Gasteiger partial charge is 0.511 e. The number of aliphatic hydroxyl groups excluding tert-OH is 1. The number of nitrogens with two attached hydrogens (primary N) is 2. The van der Waals surface area contributed by atoms with Crippen LogP contribution in [0.3, 0.4) is 0 Å². The van der Waals surface area contributed by atoms with Crippen LogP contribution in [0.2, 0.25) is 0 Å². The van der Waals surface area contributed by atoms with E-state index < -0.39 is 36.5 Å². The van der Waals surface area contributed by atoms with Crippen LogP contribution >= 0.6 is 0 Å². The average Bonchev–Trinajstić information content (AvgIpc) is 2.63. The zero-order valence-corrected chi connectivity index (χ0v) is 15.8. The highest BCUT2D eigenvalue weighted by molar-refractivity contribution is 6.01. The fraction of sp³-hybridized carbons (Fsp3) is 0.250. The van der Waals surface area contributed by atoms with Gasteiger partial charge in [0.1, 0.15) is 17.6 Å². The standard InChI is InChI=1S/C12H14N4O3.C8H7F3/c1-6(17)10-8(11(18)16(10)12(14)19)4-7-2-3-15-9(13)5-7;9-8(10,11)6-7-4-2-1-3-5-7/h2-3,5,8,10,17H,1,4H2,(H2,13,15)(H2,14,19);1-5H,6H2/t8-,10?;/m1./s1. The lowest BCUT2D eigenvalue weighted by atomic mass is 9.82. The number of primary amides is 1. The number of halogens is 3. The van der Waals surface area contributed by atoms with Gasteiger partial charge in [-0.15, -0.1) is 0 Å². The minimum Gasteiger partial charge on any atom is -0.511 e. The minimum absolute atomic E-state index is 0.259. The predicted molar refractivity (Wildman–Crippen MR) is 104 cm³/mol. The number of hydrogen-bond donors (Lipinski definition) is 3. The first kappa shape index (κ1) is 22.7. The lowest BCUT2D eigenvalue weighted by molar-refractivity contribution is -0.149. The van der Waals surface area contributed by atoms with Crippen LogP contribution in [0.15, 0.2) is 61.0 Å². The molecule has 1 fully saturated rings. The van der Waals surface area contributed by atoms with Crippen LogP contribution in [-0.4, -0.2) is 39.1 Å². The van der Waals surface area contributed by atoms with E-state index >= 15 is 0 Å². The molecule has 1 aliphatic heterocycles. The van der Waals surface area contributed by atoms with Gasteiger partial charge in [-0.3, -0.25) is 9.69 Å². The number of aliphatic hydroxyl groups is 1. The molecule has 1 aromatic carbocycles. The van der Waals surface area contributed by atoms with E-state index in [0.717, 1.165) is 10.5 Å². The number of benzene rings is 1. The first-order valence-electron chi connectivity index (χ1n) is 8.81. The molecule has 0 saturated carbocycles. The zero-order valence-electron chi connectivity index (χ0n) is 15.8. The summed E-state index contributed by atoms with van der Waals surface area (Å²) in [6, 6.07) is 9.50. The van der Waals surface area contributed by atoms with E-state index in [1.54, 1.807) is 30.3 Å². The van der Waals surface area contributed by atoms with Crippen molar-refractivity contribution in [1.29, 1.82) is 0 Å². The van der Waals surface area contributed by atoms with Crippen LogP contribution in [0.1, 0.15) is 11.1 Å². The summed E-state index contributed by atoms with van der Waals surface area (Å²) in [7, 11) is 0. The first-order chi connectivity index (χ1) is 14.0. The number of likely N-dealkylation sites (tertiary alicyclic amines) is 1. The summed E-state index contributed by atoms with van der Waals surface area (Å²) in [6.07, 6.45) is -3.07. The fourth-order valence-electron chi connectivity index (χ4n) is 3.08. The molecule has 160 valence electrons. The molecule has 3 rings (SSSR count). The van der Waals surface area contributed by atoms with E-state index in [0.29, 0.717) is 17.8 Å². The first-order valence-corrected chi connectivity index (χ1v) is 8.81. The topological polar surface area (TPSA) is 123 Å². The number of nitrogens with zero attached hydrogens (tertiary/aromatic N) is 2. The molecular formula is C20H21F3N4O3. The third-order valence-electron chi connectivity index (χ3n) is 4.34. The molecule has 7 nitrogen and oxygen atoms in total. The zero-order chi connectivity index (χ0) is 22.5. The van der Waals surface area contributed by atoms with E-state index in [1.807, 2.05) is 0 Å². The third kappa shape index (κ3) is 5.97. The number of pyridine rings is 1. The molecule has 5 N–H and O–H groups in total. The summed E-state index contributed by atoms with van der Waals surface area (Å²) in [5.74, 6) is -0.907. The van der Waals surface area contributed by atoms with Crippen LogP contribution in [0.4, 0.5) is 23.8 Å². The number of hydrogen-bond acceptors (Lipinski definition) is 5. The number of amides is 3. The monoisotopic (exact) mass is 422 g/mol. The van der Waals surface area contributed by atoms with Gasteiger partial charge in [-0.1, -0.05) is 36.9 Å². The maximum Gasteiger partial charge on any atom is 0.393 e. The lowest BCUT2D eigenvalue weighted by Gasteiger charge is -2.44. The quantitative estimate of drug-likeness (QED) is 0.516. The second-order valence-electron chi connectivity index (χ2n) is 6.66. The molecular weight excluding hydrogens is 401 g/mol. The van der Waals surface area contributed by atoms with Crippen LogP contribution in [0, 0.1) is 5.92 Å². The molecule has 30 heavy (non-hydrogen) atoms. The molecule has 10 heteroatoms. The minimum atomic E-state index is -4.10. The van der Waals surface area contributed by atoms with Crippen molar-refractivity contribution in [3.8, 4) is 0 Å². The van der Waals surface area contributed by atoms with E-state index in [9.17, 15) is 27.9 Å². The van der Waals surface area contributed by atoms with Gasteiger partial charge in [0.2, 0.25) is 5.91 Å². The molecule has 2 atom stereocenters. The van der Waals surface area contributed by atoms with Crippen LogP contribution in [0.5, 0.6) is 0 Å². The highest BCUT2D eigenvalue weighted by Crippen LogP contribution is 2.33. The average molecular weight is 422 g/mol. The van der Waals surface area contributed by atoms with Crippen molar-refractivity contribution >= 4 is 17.8 Å². The van der Waals surface area contributed by atoms with Crippen molar-refractivity contribution in [2.24, 2.45) is 11.7 Å². The van der Waals surface area contributed by atoms with E-state index in [1.165, 1.54) is 18.3 Å². The number of imide groups is 1. The molecule has 3 amide bonds. The van der Waals surface area contributed by atoms with Crippen LogP contribution in [-0.2, 0) is 17.6 Å². The summed E-state index contributed by atoms with van der Waals surface area (Å²) in [4.78, 5) is 27.6. The van der Waals surface area contributed by atoms with E-state index in [2.05, 4.69) is 11.6 Å². The molecule has 0 spiro atoms. The number of alkyl halides is 3. The van der Waals surface area contributed by atoms with Gasteiger partial charge in [0, 0.05) is 6.20 Å². The van der Waals surface area contributed by atoms with Gasteiger partial charge >= 0.3 is 12.2 Å². The number of anilines is 1. The SMILES string of the molecule is C=C(O)C1[C@@H](Cc2ccnc(N)c2)C(=O)N1C(N)=O.FC(F)(F)Cc1ccccc1. The van der Waals surface area contributed by atoms with E-state index in [-0.39, 0.29) is 5.76 Å². The Morgan fingerprint density at radius 1 is 1.20 bits per heavy atom. The Bertz CT molecular complexity index is 919. The number of urea groups is 1. The Morgan fingerprint density at radius 2 is 1.83 bits per heavy atom. The molecule has 2 heterocycles. The molecule has 0 radical (unpaired) electrons. The molecule has 0 bridgehead atoms. The number of carbonyl (C=O) groups excluding carboxylic acids is 2. The van der Waals surface area contributed by atoms with E-state index in [4.69, 9.17) is 11.5 Å². The Morgan fingerprint density at radius 3 is 2.33 bits per heavy atom. The second-order valence-corrected chi connectivity index (χ2v) is 6.66. The van der Waals surface area contributed by atoms with Gasteiger partial charge in [-0.2, -0.15) is 13.2 Å². The number of aromatic nitrogens is 1. The Kier molecular flexibility index (Phi) is 7.04. The Labute approximate surface area is 170 Å². The third-order valence-corrected chi connectivity index (χ3v) is 4.34. The Balaban J connectivity index is 0.000000248. The highest BCUT2D eigenvalue weighted by atomic mass is 19.4. The summed E-state index contributed by atoms with van der Waals surface area (Å²) in [5.41, 5.74) is 11.7. The van der Waals surface area contributed by atoms with Gasteiger partial charge in [0.15, 0.2) is 0 Å². The second kappa shape index (κ2) is 9.29. The van der Waals surface area contributed by atoms with Gasteiger partial charge in [0.25, 0.3) is 0 Å². The smallest absolute Gasteiger partial charge is 0.393 e. The van der Waals surface area contributed by atoms with Crippen molar-refractivity contribution in [2.75, 3.05) is 5.73 Å². The number of rotatable bonds is 4. The summed E-state index contributed by atoms with van der Waals surface area (Å²) in [6.45, 7) is 3.37. The fourth-order valence-corrected chi connectivity index (χ4v) is 3.08. The molecule has 1 aliphatic rings. The summed E-state index contributed by atoms with van der Waals surface area (Å²) < 4.78 is 35.2. The predicted octanol–water partition coefficient (Wildman–Crippen LogP) is 2.98. The maximum absolute atomic E-state index is 11.8. The van der Waals surface area contributed by atoms with Crippen molar-refractivity contribution in [1.82, 2.24) is 9.88 Å². The molecule has 1 aromatic heterocycles. The molecule has 1 unspecified atom stereocenters. The number of carbonyl (C=O) groups is 2. The van der Waals surface area contributed by atoms with Crippen molar-refractivity contribution in [3.05, 3.63) is 72.1 Å². The number of nitrogen functional groups attached to an aromatic ring is 1. The normalized spacial score (nSPS) is 18.1. The van der Waals surface area contributed by atoms with Gasteiger partial charge < -0.3 is 16.6 Å². The summed E-state index contributed by atoms with van der Waals surface area (Å²) >= 11 is 0. The molecule has 2 aromatic rings. The molecule has 0 aliphatic carbocycles. The molecule has 1 saturated heterocycles. The number of β-lactam (4-membered cyclic amide) rings is 1.